The molecule has 4 rings (SSSR count). The van der Waals surface area contributed by atoms with Crippen LogP contribution in [0.4, 0.5) is 4.39 Å². The number of ether oxygens (including phenoxy) is 1. The van der Waals surface area contributed by atoms with Gasteiger partial charge in [0.1, 0.15) is 11.6 Å². The van der Waals surface area contributed by atoms with Gasteiger partial charge in [0, 0.05) is 40.9 Å². The molecule has 1 aromatic heterocycles. The van der Waals surface area contributed by atoms with Crippen molar-refractivity contribution in [3.63, 3.8) is 0 Å². The highest BCUT2D eigenvalue weighted by Crippen LogP contribution is 2.39. The average molecular weight is 403 g/mol. The van der Waals surface area contributed by atoms with E-state index in [1.165, 1.54) is 19.2 Å². The summed E-state index contributed by atoms with van der Waals surface area (Å²) >= 11 is 6.22. The average Bonchev–Trinajstić information content (AvgIpc) is 3.43. The molecule has 0 spiro atoms. The highest BCUT2D eigenvalue weighted by molar-refractivity contribution is 6.32. The minimum Gasteiger partial charge on any atom is -0.495 e. The highest BCUT2D eigenvalue weighted by Gasteiger charge is 2.27. The summed E-state index contributed by atoms with van der Waals surface area (Å²) in [6.07, 6.45) is 4.83. The van der Waals surface area contributed by atoms with Gasteiger partial charge in [-0.15, -0.1) is 0 Å². The second kappa shape index (κ2) is 7.43. The largest absolute Gasteiger partial charge is 0.495 e. The van der Waals surface area contributed by atoms with Crippen molar-refractivity contribution >= 4 is 23.1 Å². The van der Waals surface area contributed by atoms with Crippen molar-refractivity contribution in [3.05, 3.63) is 68.4 Å². The Labute approximate surface area is 166 Å². The summed E-state index contributed by atoms with van der Waals surface area (Å²) in [5.41, 5.74) is 1.79. The van der Waals surface area contributed by atoms with Gasteiger partial charge in [-0.05, 0) is 37.3 Å². The Hall–Kier alpha value is -2.60. The van der Waals surface area contributed by atoms with Crippen molar-refractivity contribution in [2.75, 3.05) is 7.11 Å². The smallest absolute Gasteiger partial charge is 0.251 e. The normalized spacial score (nSPS) is 19.6. The molecule has 1 amide bonds. The topological polar surface area (TPSA) is 71.2 Å². The first-order valence-electron chi connectivity index (χ1n) is 9.24. The number of carbonyl (C=O) groups excluding carboxylic acids is 1. The number of benzene rings is 1. The quantitative estimate of drug-likeness (QED) is 0.799. The van der Waals surface area contributed by atoms with Crippen LogP contribution in [-0.2, 0) is 4.79 Å². The summed E-state index contributed by atoms with van der Waals surface area (Å²) in [5.74, 6) is -0.0316. The molecular weight excluding hydrogens is 383 g/mol. The number of aromatic amines is 1. The van der Waals surface area contributed by atoms with Gasteiger partial charge in [0.25, 0.3) is 5.56 Å². The molecule has 2 heterocycles. The van der Waals surface area contributed by atoms with E-state index >= 15 is 0 Å². The lowest BCUT2D eigenvalue weighted by molar-refractivity contribution is -0.119. The number of hydrogen-bond acceptors (Lipinski definition) is 3. The molecule has 0 bridgehead atoms. The van der Waals surface area contributed by atoms with E-state index in [0.717, 1.165) is 18.4 Å². The summed E-state index contributed by atoms with van der Waals surface area (Å²) in [5, 5.41) is 3.11. The number of halogens is 2. The lowest BCUT2D eigenvalue weighted by Crippen LogP contribution is -2.24. The first-order valence-corrected chi connectivity index (χ1v) is 9.62. The molecule has 2 aliphatic rings. The summed E-state index contributed by atoms with van der Waals surface area (Å²) in [6, 6.07) is 6.04. The van der Waals surface area contributed by atoms with Crippen molar-refractivity contribution in [2.45, 2.75) is 37.6 Å². The Morgan fingerprint density at radius 3 is 2.64 bits per heavy atom. The van der Waals surface area contributed by atoms with Gasteiger partial charge in [-0.1, -0.05) is 23.7 Å². The van der Waals surface area contributed by atoms with Crippen LogP contribution >= 0.6 is 11.6 Å². The molecule has 1 aliphatic heterocycles. The van der Waals surface area contributed by atoms with Crippen LogP contribution in [-0.4, -0.2) is 24.0 Å². The van der Waals surface area contributed by atoms with E-state index in [9.17, 15) is 14.0 Å². The highest BCUT2D eigenvalue weighted by atomic mass is 35.5. The van der Waals surface area contributed by atoms with Gasteiger partial charge in [0.05, 0.1) is 12.1 Å². The third kappa shape index (κ3) is 3.69. The number of carbonyl (C=O) groups is 1. The Morgan fingerprint density at radius 1 is 1.25 bits per heavy atom. The Morgan fingerprint density at radius 2 is 2.04 bits per heavy atom. The predicted molar refractivity (Wildman–Crippen MR) is 105 cm³/mol. The van der Waals surface area contributed by atoms with E-state index in [-0.39, 0.29) is 33.8 Å². The van der Waals surface area contributed by atoms with E-state index in [4.69, 9.17) is 16.3 Å². The molecule has 1 aromatic carbocycles. The maximum atomic E-state index is 14.9. The number of nitrogens with one attached hydrogen (secondary N) is 2. The summed E-state index contributed by atoms with van der Waals surface area (Å²) in [4.78, 5) is 27.0. The van der Waals surface area contributed by atoms with Gasteiger partial charge in [-0.3, -0.25) is 9.59 Å². The maximum absolute atomic E-state index is 14.9. The second-order valence-electron chi connectivity index (χ2n) is 7.19. The predicted octanol–water partition coefficient (Wildman–Crippen LogP) is 3.76. The molecule has 7 heteroatoms. The Balaban J connectivity index is 1.82. The van der Waals surface area contributed by atoms with Crippen LogP contribution < -0.4 is 15.6 Å². The van der Waals surface area contributed by atoms with Crippen molar-refractivity contribution in [1.29, 1.82) is 0 Å². The second-order valence-corrected chi connectivity index (χ2v) is 7.60. The van der Waals surface area contributed by atoms with E-state index < -0.39 is 5.82 Å². The summed E-state index contributed by atoms with van der Waals surface area (Å²) in [7, 11) is 1.42. The van der Waals surface area contributed by atoms with E-state index in [0.29, 0.717) is 30.0 Å². The number of H-pyrrole nitrogens is 1. The molecule has 1 atom stereocenters. The van der Waals surface area contributed by atoms with Crippen molar-refractivity contribution in [1.82, 2.24) is 10.3 Å². The number of amides is 1. The molecule has 5 nitrogen and oxygen atoms in total. The van der Waals surface area contributed by atoms with Gasteiger partial charge in [0.2, 0.25) is 5.91 Å². The van der Waals surface area contributed by atoms with Gasteiger partial charge in [-0.25, -0.2) is 4.39 Å². The van der Waals surface area contributed by atoms with Crippen LogP contribution in [0.2, 0.25) is 5.02 Å². The minimum absolute atomic E-state index is 0.0496. The van der Waals surface area contributed by atoms with Crippen LogP contribution in [0.5, 0.6) is 5.75 Å². The lowest BCUT2D eigenvalue weighted by atomic mass is 9.97. The van der Waals surface area contributed by atoms with Crippen molar-refractivity contribution in [3.8, 4) is 5.75 Å². The SMILES string of the molecule is COc1cc(F)c(/C(=C\[C@H]2CCC(=O)N2)c2ccc(C3CC3)c(=O)[nH]2)cc1Cl. The van der Waals surface area contributed by atoms with Gasteiger partial charge < -0.3 is 15.0 Å². The third-order valence-corrected chi connectivity index (χ3v) is 5.47. The standard InChI is InChI=1S/C21H20ClFN2O3/c1-28-19-10-17(23)14(9-16(19)22)15(8-12-4-7-20(26)24-12)18-6-5-13(11-2-3-11)21(27)25-18/h5-6,8-12H,2-4,7H2,1H3,(H,24,26)(H,25,27)/b15-8+/t12-/m1/s1. The first kappa shape index (κ1) is 18.7. The molecular formula is C21H20ClFN2O3. The number of rotatable bonds is 5. The zero-order valence-electron chi connectivity index (χ0n) is 15.4. The molecule has 2 N–H and O–H groups in total. The molecule has 2 fully saturated rings. The van der Waals surface area contributed by atoms with Gasteiger partial charge in [0.15, 0.2) is 0 Å². The molecule has 0 unspecified atom stereocenters. The monoisotopic (exact) mass is 402 g/mol. The zero-order chi connectivity index (χ0) is 19.8. The van der Waals surface area contributed by atoms with Crippen molar-refractivity contribution in [2.24, 2.45) is 0 Å². The Bertz CT molecular complexity index is 1030. The van der Waals surface area contributed by atoms with Crippen molar-refractivity contribution < 1.29 is 13.9 Å². The van der Waals surface area contributed by atoms with Crippen LogP contribution in [0, 0.1) is 5.82 Å². The van der Waals surface area contributed by atoms with E-state index in [1.54, 1.807) is 18.2 Å². The fraction of sp³-hybridized carbons (Fsp3) is 0.333. The minimum atomic E-state index is -0.524. The molecule has 0 radical (unpaired) electrons. The number of methoxy groups -OCH3 is 1. The van der Waals surface area contributed by atoms with Crippen LogP contribution in [0.1, 0.15) is 48.4 Å². The van der Waals surface area contributed by atoms with E-state index in [2.05, 4.69) is 10.3 Å². The maximum Gasteiger partial charge on any atom is 0.251 e. The molecule has 1 aliphatic carbocycles. The summed E-state index contributed by atoms with van der Waals surface area (Å²) < 4.78 is 19.9. The zero-order valence-corrected chi connectivity index (χ0v) is 16.1. The van der Waals surface area contributed by atoms with E-state index in [1.807, 2.05) is 0 Å². The van der Waals surface area contributed by atoms with Crippen LogP contribution in [0.15, 0.2) is 35.1 Å². The van der Waals surface area contributed by atoms with Crippen LogP contribution in [0.25, 0.3) is 5.57 Å². The molecule has 2 aromatic rings. The number of hydrogen-bond donors (Lipinski definition) is 2. The molecule has 28 heavy (non-hydrogen) atoms. The fourth-order valence-corrected chi connectivity index (χ4v) is 3.78. The number of aromatic nitrogens is 1. The Kier molecular flexibility index (Phi) is 4.98. The summed E-state index contributed by atoms with van der Waals surface area (Å²) in [6.45, 7) is 0. The molecule has 1 saturated carbocycles. The van der Waals surface area contributed by atoms with Gasteiger partial charge in [-0.2, -0.15) is 0 Å². The lowest BCUT2D eigenvalue weighted by Gasteiger charge is -2.15. The van der Waals surface area contributed by atoms with Gasteiger partial charge >= 0.3 is 0 Å². The third-order valence-electron chi connectivity index (χ3n) is 5.18. The first-order chi connectivity index (χ1) is 13.5. The van der Waals surface area contributed by atoms with Crippen LogP contribution in [0.3, 0.4) is 0 Å². The molecule has 1 saturated heterocycles. The fourth-order valence-electron chi connectivity index (χ4n) is 3.54. The molecule has 146 valence electrons. The number of pyridine rings is 1.